The van der Waals surface area contributed by atoms with Crippen molar-refractivity contribution in [2.75, 3.05) is 0 Å². The topological polar surface area (TPSA) is 61.4 Å². The van der Waals surface area contributed by atoms with Crippen LogP contribution in [0.5, 0.6) is 0 Å². The van der Waals surface area contributed by atoms with Gasteiger partial charge in [0, 0.05) is 60.0 Å². The number of para-hydroxylation sites is 3. The van der Waals surface area contributed by atoms with Crippen LogP contribution in [0.15, 0.2) is 158 Å². The van der Waals surface area contributed by atoms with E-state index < -0.39 is 0 Å². The van der Waals surface area contributed by atoms with Crippen LogP contribution in [0.1, 0.15) is 0 Å². The Balaban J connectivity index is 1.41. The first-order chi connectivity index (χ1) is 25.3. The molecule has 0 amide bonds. The van der Waals surface area contributed by atoms with Crippen molar-refractivity contribution < 1.29 is 0 Å². The molecule has 0 aliphatic carbocycles. The Kier molecular flexibility index (Phi) is 6.02. The average molecular weight is 671 g/mol. The highest BCUT2D eigenvalue weighted by Crippen LogP contribution is 2.50. The van der Waals surface area contributed by atoms with Crippen molar-refractivity contribution in [3.8, 4) is 34.4 Å². The monoisotopic (exact) mass is 670 g/mol. The second-order valence-corrected chi connectivity index (χ2v) is 13.7. The van der Waals surface area contributed by atoms with Crippen LogP contribution < -0.4 is 0 Å². The molecule has 11 aromatic rings. The first-order valence-electron chi connectivity index (χ1n) is 16.9. The normalized spacial score (nSPS) is 11.9. The Morgan fingerprint density at radius 3 is 1.61 bits per heavy atom. The molecule has 0 spiro atoms. The van der Waals surface area contributed by atoms with E-state index in [1.165, 1.54) is 15.5 Å². The molecule has 0 aliphatic heterocycles. The second-order valence-electron chi connectivity index (χ2n) is 12.7. The molecule has 6 nitrogen and oxygen atoms in total. The molecule has 0 radical (unpaired) electrons. The summed E-state index contributed by atoms with van der Waals surface area (Å²) >= 11 is 1.75. The maximum absolute atomic E-state index is 5.27. The predicted molar refractivity (Wildman–Crippen MR) is 210 cm³/mol. The summed E-state index contributed by atoms with van der Waals surface area (Å²) in [5, 5.41) is 6.99. The van der Waals surface area contributed by atoms with Gasteiger partial charge in [-0.05, 0) is 36.4 Å². The van der Waals surface area contributed by atoms with E-state index in [0.717, 1.165) is 65.3 Å². The molecule has 51 heavy (non-hydrogen) atoms. The van der Waals surface area contributed by atoms with Crippen LogP contribution in [-0.2, 0) is 0 Å². The highest BCUT2D eigenvalue weighted by Gasteiger charge is 2.28. The third-order valence-corrected chi connectivity index (χ3v) is 10.9. The lowest BCUT2D eigenvalue weighted by Gasteiger charge is -2.12. The standard InChI is InChI=1S/C44H26N6S/c1-4-15-27(16-5-1)41-46-42(28-17-6-2-7-18-28)48-44(47-41)50-34-25-13-10-21-30(34)35-38-36(40-37(39(35)50)32-23-14-26-45-43(32)51-40)31-22-11-12-24-33(31)49(38)29-19-8-3-9-20-29/h1-26H. The molecule has 0 unspecified atom stereocenters. The number of thiophene rings is 1. The van der Waals surface area contributed by atoms with Gasteiger partial charge in [-0.2, -0.15) is 9.97 Å². The van der Waals surface area contributed by atoms with Gasteiger partial charge in [0.1, 0.15) is 4.83 Å². The first kappa shape index (κ1) is 28.2. The SMILES string of the molecule is c1ccc(-c2nc(-c3ccccc3)nc(-n3c4ccccc4c4c5c(c6ccccc6n5-c5ccccc5)c5sc6ncccc6c5c43)n2)cc1. The summed E-state index contributed by atoms with van der Waals surface area (Å²) in [4.78, 5) is 21.5. The number of fused-ring (bicyclic) bond motifs is 12. The third kappa shape index (κ3) is 4.09. The smallest absolute Gasteiger partial charge is 0.238 e. The molecule has 5 aromatic heterocycles. The Hall–Kier alpha value is -6.70. The molecule has 11 rings (SSSR count). The van der Waals surface area contributed by atoms with Crippen LogP contribution >= 0.6 is 11.3 Å². The fraction of sp³-hybridized carbons (Fsp3) is 0. The number of benzene rings is 6. The molecule has 238 valence electrons. The van der Waals surface area contributed by atoms with Gasteiger partial charge in [-0.1, -0.05) is 115 Å². The van der Waals surface area contributed by atoms with E-state index in [0.29, 0.717) is 17.6 Å². The van der Waals surface area contributed by atoms with Crippen molar-refractivity contribution in [3.63, 3.8) is 0 Å². The van der Waals surface area contributed by atoms with E-state index in [1.807, 2.05) is 48.7 Å². The number of pyridine rings is 1. The van der Waals surface area contributed by atoms with Crippen LogP contribution in [0.2, 0.25) is 0 Å². The molecule has 0 bridgehead atoms. The highest BCUT2D eigenvalue weighted by molar-refractivity contribution is 7.26. The van der Waals surface area contributed by atoms with Gasteiger partial charge in [-0.25, -0.2) is 9.97 Å². The minimum atomic E-state index is 0.570. The van der Waals surface area contributed by atoms with Gasteiger partial charge in [0.05, 0.1) is 22.1 Å². The van der Waals surface area contributed by atoms with Crippen molar-refractivity contribution in [1.29, 1.82) is 0 Å². The number of nitrogens with zero attached hydrogens (tertiary/aromatic N) is 6. The van der Waals surface area contributed by atoms with E-state index in [-0.39, 0.29) is 0 Å². The molecule has 0 atom stereocenters. The summed E-state index contributed by atoms with van der Waals surface area (Å²) in [7, 11) is 0. The minimum absolute atomic E-state index is 0.570. The average Bonchev–Trinajstić information content (AvgIpc) is 3.87. The summed E-state index contributed by atoms with van der Waals surface area (Å²) in [6, 6.07) is 52.6. The molecular weight excluding hydrogens is 645 g/mol. The van der Waals surface area contributed by atoms with Gasteiger partial charge < -0.3 is 4.57 Å². The van der Waals surface area contributed by atoms with Crippen LogP contribution in [0.25, 0.3) is 98.3 Å². The quantitative estimate of drug-likeness (QED) is 0.187. The highest BCUT2D eigenvalue weighted by atomic mass is 32.1. The van der Waals surface area contributed by atoms with Gasteiger partial charge in [-0.15, -0.1) is 11.3 Å². The molecule has 5 heterocycles. The zero-order valence-electron chi connectivity index (χ0n) is 27.1. The second kappa shape index (κ2) is 10.9. The predicted octanol–water partition coefficient (Wildman–Crippen LogP) is 11.2. The maximum atomic E-state index is 5.27. The number of aromatic nitrogens is 6. The van der Waals surface area contributed by atoms with Crippen LogP contribution in [0.3, 0.4) is 0 Å². The summed E-state index contributed by atoms with van der Waals surface area (Å²) in [5.74, 6) is 1.82. The molecular formula is C44H26N6S. The number of rotatable bonds is 4. The molecule has 0 aliphatic rings. The fourth-order valence-electron chi connectivity index (χ4n) is 7.72. The van der Waals surface area contributed by atoms with E-state index in [2.05, 4.69) is 118 Å². The summed E-state index contributed by atoms with van der Waals surface area (Å²) in [6.07, 6.45) is 1.89. The fourth-order valence-corrected chi connectivity index (χ4v) is 8.92. The largest absolute Gasteiger partial charge is 0.308 e. The van der Waals surface area contributed by atoms with E-state index in [4.69, 9.17) is 19.9 Å². The van der Waals surface area contributed by atoms with Crippen LogP contribution in [0.4, 0.5) is 0 Å². The molecule has 0 saturated carbocycles. The lowest BCUT2D eigenvalue weighted by Crippen LogP contribution is -2.06. The van der Waals surface area contributed by atoms with E-state index in [1.54, 1.807) is 11.3 Å². The molecule has 0 N–H and O–H groups in total. The zero-order valence-corrected chi connectivity index (χ0v) is 27.9. The lowest BCUT2D eigenvalue weighted by atomic mass is 10.0. The summed E-state index contributed by atoms with van der Waals surface area (Å²) < 4.78 is 5.89. The van der Waals surface area contributed by atoms with Gasteiger partial charge >= 0.3 is 0 Å². The van der Waals surface area contributed by atoms with E-state index >= 15 is 0 Å². The van der Waals surface area contributed by atoms with Crippen molar-refractivity contribution in [3.05, 3.63) is 158 Å². The summed E-state index contributed by atoms with van der Waals surface area (Å²) in [5.41, 5.74) is 7.38. The van der Waals surface area contributed by atoms with Crippen LogP contribution in [0, 0.1) is 0 Å². The van der Waals surface area contributed by atoms with Crippen molar-refractivity contribution in [2.45, 2.75) is 0 Å². The summed E-state index contributed by atoms with van der Waals surface area (Å²) in [6.45, 7) is 0. The van der Waals surface area contributed by atoms with E-state index in [9.17, 15) is 0 Å². The van der Waals surface area contributed by atoms with Crippen molar-refractivity contribution >= 4 is 75.3 Å². The Bertz CT molecular complexity index is 3070. The van der Waals surface area contributed by atoms with Crippen molar-refractivity contribution in [1.82, 2.24) is 29.1 Å². The molecule has 6 aromatic carbocycles. The molecule has 0 fully saturated rings. The van der Waals surface area contributed by atoms with Gasteiger partial charge in [0.15, 0.2) is 11.6 Å². The van der Waals surface area contributed by atoms with Gasteiger partial charge in [-0.3, -0.25) is 4.57 Å². The molecule has 7 heteroatoms. The maximum Gasteiger partial charge on any atom is 0.238 e. The van der Waals surface area contributed by atoms with Gasteiger partial charge in [0.2, 0.25) is 5.95 Å². The number of hydrogen-bond donors (Lipinski definition) is 0. The van der Waals surface area contributed by atoms with Crippen molar-refractivity contribution in [2.24, 2.45) is 0 Å². The Morgan fingerprint density at radius 2 is 0.941 bits per heavy atom. The lowest BCUT2D eigenvalue weighted by molar-refractivity contribution is 0.955. The van der Waals surface area contributed by atoms with Gasteiger partial charge in [0.25, 0.3) is 0 Å². The third-order valence-electron chi connectivity index (χ3n) is 9.82. The molecule has 0 saturated heterocycles. The van der Waals surface area contributed by atoms with Crippen LogP contribution in [-0.4, -0.2) is 29.1 Å². The minimum Gasteiger partial charge on any atom is -0.308 e. The number of hydrogen-bond acceptors (Lipinski definition) is 5. The Labute approximate surface area is 295 Å². The first-order valence-corrected chi connectivity index (χ1v) is 17.7. The zero-order chi connectivity index (χ0) is 33.5. The Morgan fingerprint density at radius 1 is 0.431 bits per heavy atom.